The Morgan fingerprint density at radius 2 is 2.04 bits per heavy atom. The van der Waals surface area contributed by atoms with E-state index in [9.17, 15) is 4.79 Å². The number of hydrogen-bond donors (Lipinski definition) is 1. The van der Waals surface area contributed by atoms with Gasteiger partial charge in [-0.15, -0.1) is 0 Å². The summed E-state index contributed by atoms with van der Waals surface area (Å²) in [7, 11) is 0. The average Bonchev–Trinajstić information content (AvgIpc) is 3.08. The van der Waals surface area contributed by atoms with E-state index in [1.54, 1.807) is 16.9 Å². The topological polar surface area (TPSA) is 64.7 Å². The highest BCUT2D eigenvalue weighted by Gasteiger charge is 2.07. The van der Waals surface area contributed by atoms with Crippen molar-refractivity contribution in [2.24, 2.45) is 0 Å². The maximum atomic E-state index is 12.0. The fourth-order valence-corrected chi connectivity index (χ4v) is 2.40. The minimum absolute atomic E-state index is 0.145. The van der Waals surface area contributed by atoms with Gasteiger partial charge in [0.2, 0.25) is 5.91 Å². The Morgan fingerprint density at radius 3 is 2.78 bits per heavy atom. The molecule has 0 atom stereocenters. The zero-order valence-corrected chi connectivity index (χ0v) is 13.2. The molecule has 118 valence electrons. The number of nitrogens with one attached hydrogen (secondary N) is 1. The largest absolute Gasteiger partial charge is 0.308 e. The lowest BCUT2D eigenvalue weighted by atomic mass is 10.1. The van der Waals surface area contributed by atoms with Crippen molar-refractivity contribution >= 4 is 11.7 Å². The molecule has 0 fully saturated rings. The molecule has 2 heterocycles. The molecule has 0 bridgehead atoms. The first-order valence-corrected chi connectivity index (χ1v) is 7.46. The standard InChI is InChI=1S/C17H19N5O/c1-13-4-3-5-15(8-13)11-21-7-6-16(20-21)19-17(23)12-22-10-14(2)9-18-22/h3-10H,11-12H2,1-2H3,(H,19,20,23). The van der Waals surface area contributed by atoms with E-state index in [2.05, 4.69) is 40.6 Å². The van der Waals surface area contributed by atoms with E-state index in [0.717, 1.165) is 5.56 Å². The van der Waals surface area contributed by atoms with E-state index >= 15 is 0 Å². The molecule has 3 rings (SSSR count). The van der Waals surface area contributed by atoms with E-state index in [4.69, 9.17) is 0 Å². The maximum Gasteiger partial charge on any atom is 0.247 e. The lowest BCUT2D eigenvalue weighted by molar-refractivity contribution is -0.116. The molecule has 1 aromatic carbocycles. The number of nitrogens with zero attached hydrogens (tertiary/aromatic N) is 4. The minimum atomic E-state index is -0.145. The van der Waals surface area contributed by atoms with Crippen molar-refractivity contribution in [2.75, 3.05) is 5.32 Å². The van der Waals surface area contributed by atoms with Crippen molar-refractivity contribution in [1.82, 2.24) is 19.6 Å². The monoisotopic (exact) mass is 309 g/mol. The molecule has 0 saturated carbocycles. The smallest absolute Gasteiger partial charge is 0.247 e. The van der Waals surface area contributed by atoms with Crippen LogP contribution in [-0.4, -0.2) is 25.5 Å². The quantitative estimate of drug-likeness (QED) is 0.787. The summed E-state index contributed by atoms with van der Waals surface area (Å²) in [5, 5.41) is 11.3. The molecule has 1 N–H and O–H groups in total. The number of anilines is 1. The zero-order chi connectivity index (χ0) is 16.2. The highest BCUT2D eigenvalue weighted by atomic mass is 16.2. The van der Waals surface area contributed by atoms with Gasteiger partial charge in [0.05, 0.1) is 12.7 Å². The van der Waals surface area contributed by atoms with E-state index in [1.807, 2.05) is 30.1 Å². The van der Waals surface area contributed by atoms with Gasteiger partial charge in [0.1, 0.15) is 6.54 Å². The summed E-state index contributed by atoms with van der Waals surface area (Å²) in [4.78, 5) is 12.0. The number of aryl methyl sites for hydroxylation is 2. The van der Waals surface area contributed by atoms with Gasteiger partial charge in [0.25, 0.3) is 0 Å². The van der Waals surface area contributed by atoms with E-state index < -0.39 is 0 Å². The normalized spacial score (nSPS) is 10.7. The summed E-state index contributed by atoms with van der Waals surface area (Å²) in [5.41, 5.74) is 3.43. The molecule has 0 aliphatic rings. The molecule has 0 spiro atoms. The molecule has 2 aromatic heterocycles. The van der Waals surface area contributed by atoms with Crippen LogP contribution in [0.15, 0.2) is 48.9 Å². The van der Waals surface area contributed by atoms with E-state index in [-0.39, 0.29) is 12.5 Å². The summed E-state index contributed by atoms with van der Waals surface area (Å²) in [6.45, 7) is 4.86. The van der Waals surface area contributed by atoms with Crippen molar-refractivity contribution in [1.29, 1.82) is 0 Å². The third kappa shape index (κ3) is 4.06. The van der Waals surface area contributed by atoms with Crippen LogP contribution in [0.1, 0.15) is 16.7 Å². The van der Waals surface area contributed by atoms with Gasteiger partial charge in [0, 0.05) is 18.5 Å². The molecule has 0 saturated heterocycles. The third-order valence-corrected chi connectivity index (χ3v) is 3.40. The van der Waals surface area contributed by atoms with Crippen molar-refractivity contribution in [2.45, 2.75) is 26.9 Å². The first kappa shape index (κ1) is 15.0. The summed E-state index contributed by atoms with van der Waals surface area (Å²) >= 11 is 0. The molecule has 6 nitrogen and oxygen atoms in total. The third-order valence-electron chi connectivity index (χ3n) is 3.40. The predicted molar refractivity (Wildman–Crippen MR) is 88.1 cm³/mol. The Kier molecular flexibility index (Phi) is 4.23. The molecule has 0 aliphatic carbocycles. The summed E-state index contributed by atoms with van der Waals surface area (Å²) < 4.78 is 3.41. The van der Waals surface area contributed by atoms with Crippen LogP contribution in [-0.2, 0) is 17.9 Å². The first-order chi connectivity index (χ1) is 11.1. The van der Waals surface area contributed by atoms with Crippen LogP contribution in [0.4, 0.5) is 5.82 Å². The van der Waals surface area contributed by atoms with Gasteiger partial charge >= 0.3 is 0 Å². The van der Waals surface area contributed by atoms with Gasteiger partial charge in [-0.1, -0.05) is 29.8 Å². The van der Waals surface area contributed by atoms with Crippen LogP contribution in [0.3, 0.4) is 0 Å². The number of aromatic nitrogens is 4. The fraction of sp³-hybridized carbons (Fsp3) is 0.235. The molecule has 23 heavy (non-hydrogen) atoms. The number of benzene rings is 1. The first-order valence-electron chi connectivity index (χ1n) is 7.46. The van der Waals surface area contributed by atoms with Gasteiger partial charge in [-0.05, 0) is 25.0 Å². The fourth-order valence-electron chi connectivity index (χ4n) is 2.40. The molecule has 0 unspecified atom stereocenters. The lowest BCUT2D eigenvalue weighted by Gasteiger charge is -2.04. The Bertz CT molecular complexity index is 818. The molecule has 6 heteroatoms. The number of carbonyl (C=O) groups excluding carboxylic acids is 1. The van der Waals surface area contributed by atoms with Crippen LogP contribution in [0.2, 0.25) is 0 Å². The average molecular weight is 309 g/mol. The Hall–Kier alpha value is -2.89. The van der Waals surface area contributed by atoms with Crippen LogP contribution >= 0.6 is 0 Å². The number of carbonyl (C=O) groups is 1. The van der Waals surface area contributed by atoms with Crippen molar-refractivity contribution in [3.05, 3.63) is 65.6 Å². The molecular weight excluding hydrogens is 290 g/mol. The molecule has 0 aliphatic heterocycles. The highest BCUT2D eigenvalue weighted by Crippen LogP contribution is 2.08. The van der Waals surface area contributed by atoms with Crippen LogP contribution in [0, 0.1) is 13.8 Å². The SMILES string of the molecule is Cc1cccc(Cn2ccc(NC(=O)Cn3cc(C)cn3)n2)c1. The Morgan fingerprint density at radius 1 is 1.17 bits per heavy atom. The van der Waals surface area contributed by atoms with Gasteiger partial charge in [-0.2, -0.15) is 10.2 Å². The summed E-state index contributed by atoms with van der Waals surface area (Å²) in [5.74, 6) is 0.403. The number of amides is 1. The second-order valence-electron chi connectivity index (χ2n) is 5.65. The van der Waals surface area contributed by atoms with Crippen molar-refractivity contribution < 1.29 is 4.79 Å². The van der Waals surface area contributed by atoms with Gasteiger partial charge in [-0.25, -0.2) is 0 Å². The molecule has 0 radical (unpaired) electrons. The van der Waals surface area contributed by atoms with E-state index in [1.165, 1.54) is 11.1 Å². The summed E-state index contributed by atoms with van der Waals surface area (Å²) in [6.07, 6.45) is 5.41. The second-order valence-corrected chi connectivity index (χ2v) is 5.65. The van der Waals surface area contributed by atoms with Gasteiger partial charge < -0.3 is 5.32 Å². The number of rotatable bonds is 5. The van der Waals surface area contributed by atoms with Crippen molar-refractivity contribution in [3.8, 4) is 0 Å². The Labute approximate surface area is 134 Å². The predicted octanol–water partition coefficient (Wildman–Crippen LogP) is 2.38. The molecular formula is C17H19N5O. The number of hydrogen-bond acceptors (Lipinski definition) is 3. The Balaban J connectivity index is 1.59. The van der Waals surface area contributed by atoms with Crippen LogP contribution < -0.4 is 5.32 Å². The summed E-state index contributed by atoms with van der Waals surface area (Å²) in [6, 6.07) is 10.1. The molecule has 3 aromatic rings. The van der Waals surface area contributed by atoms with Crippen LogP contribution in [0.25, 0.3) is 0 Å². The zero-order valence-electron chi connectivity index (χ0n) is 13.2. The van der Waals surface area contributed by atoms with Gasteiger partial charge in [0.15, 0.2) is 5.82 Å². The van der Waals surface area contributed by atoms with Crippen LogP contribution in [0.5, 0.6) is 0 Å². The highest BCUT2D eigenvalue weighted by molar-refractivity contribution is 5.89. The lowest BCUT2D eigenvalue weighted by Crippen LogP contribution is -2.19. The molecule has 1 amide bonds. The second kappa shape index (κ2) is 6.48. The maximum absolute atomic E-state index is 12.0. The van der Waals surface area contributed by atoms with Gasteiger partial charge in [-0.3, -0.25) is 14.2 Å². The van der Waals surface area contributed by atoms with Crippen molar-refractivity contribution in [3.63, 3.8) is 0 Å². The minimum Gasteiger partial charge on any atom is -0.308 e. The van der Waals surface area contributed by atoms with E-state index in [0.29, 0.717) is 12.4 Å².